The average Bonchev–Trinajstić information content (AvgIpc) is 2.75. The minimum atomic E-state index is -1.40. The number of aliphatic hydroxyl groups excluding tert-OH is 4. The number of carbonyl (C=O) groups is 1. The lowest BCUT2D eigenvalue weighted by Gasteiger charge is -2.39. The highest BCUT2D eigenvalue weighted by Crippen LogP contribution is 2.35. The van der Waals surface area contributed by atoms with Crippen molar-refractivity contribution in [1.82, 2.24) is 4.90 Å². The number of amides is 1. The number of rotatable bonds is 6. The van der Waals surface area contributed by atoms with Crippen molar-refractivity contribution in [3.05, 3.63) is 65.2 Å². The third-order valence-electron chi connectivity index (χ3n) is 5.07. The van der Waals surface area contributed by atoms with Gasteiger partial charge in [-0.2, -0.15) is 0 Å². The predicted octanol–water partition coefficient (Wildman–Crippen LogP) is 0.874. The zero-order valence-electron chi connectivity index (χ0n) is 16.9. The Balaban J connectivity index is 1.76. The van der Waals surface area contributed by atoms with Crippen LogP contribution >= 0.6 is 11.8 Å². The molecule has 0 bridgehead atoms. The molecule has 0 aromatic heterocycles. The lowest BCUT2D eigenvalue weighted by Crippen LogP contribution is -2.55. The summed E-state index contributed by atoms with van der Waals surface area (Å²) in [6, 6.07) is 14.7. The van der Waals surface area contributed by atoms with Crippen LogP contribution in [0.4, 0.5) is 0 Å². The number of thioether (sulfide) groups is 1. The van der Waals surface area contributed by atoms with E-state index in [9.17, 15) is 25.2 Å². The second kappa shape index (κ2) is 9.80. The summed E-state index contributed by atoms with van der Waals surface area (Å²) in [6.45, 7) is -0.338. The largest absolute Gasteiger partial charge is 0.477 e. The van der Waals surface area contributed by atoms with Crippen molar-refractivity contribution in [3.63, 3.8) is 0 Å². The first-order valence-electron chi connectivity index (χ1n) is 9.67. The van der Waals surface area contributed by atoms with Crippen LogP contribution in [-0.2, 0) is 6.42 Å². The summed E-state index contributed by atoms with van der Waals surface area (Å²) in [6.07, 6.45) is -3.37. The summed E-state index contributed by atoms with van der Waals surface area (Å²) in [5, 5.41) is 39.1. The molecule has 1 heterocycles. The van der Waals surface area contributed by atoms with Crippen molar-refractivity contribution in [2.24, 2.45) is 0 Å². The standard InChI is InChI=1S/C22H27NO6S/c1-23(2)21(28)14-9-7-13(8-10-14)11-15-5-3-4-6-16(15)29-22-20(27)19(26)18(25)17(12-24)30-22/h3-10,17-20,22,24-27H,11-12H2,1-2H3/t17-,18-,19+,20-,22-/m1/s1. The Labute approximate surface area is 179 Å². The molecule has 162 valence electrons. The van der Waals surface area contributed by atoms with Gasteiger partial charge in [-0.05, 0) is 29.3 Å². The van der Waals surface area contributed by atoms with Crippen LogP contribution in [0.25, 0.3) is 0 Å². The molecule has 5 atom stereocenters. The summed E-state index contributed by atoms with van der Waals surface area (Å²) in [4.78, 5) is 13.6. The summed E-state index contributed by atoms with van der Waals surface area (Å²) < 4.78 is 5.99. The van der Waals surface area contributed by atoms with Gasteiger partial charge in [0.25, 0.3) is 5.91 Å². The molecule has 1 amide bonds. The zero-order chi connectivity index (χ0) is 21.8. The summed E-state index contributed by atoms with van der Waals surface area (Å²) in [5.74, 6) is 0.482. The second-order valence-corrected chi connectivity index (χ2v) is 8.84. The van der Waals surface area contributed by atoms with Crippen LogP contribution in [0.1, 0.15) is 21.5 Å². The minimum absolute atomic E-state index is 0.0622. The van der Waals surface area contributed by atoms with Gasteiger partial charge in [-0.25, -0.2) is 0 Å². The van der Waals surface area contributed by atoms with Gasteiger partial charge in [-0.1, -0.05) is 30.3 Å². The molecule has 0 spiro atoms. The van der Waals surface area contributed by atoms with E-state index in [-0.39, 0.29) is 12.5 Å². The maximum absolute atomic E-state index is 12.0. The third kappa shape index (κ3) is 4.96. The van der Waals surface area contributed by atoms with Crippen molar-refractivity contribution in [2.45, 2.75) is 35.4 Å². The molecule has 0 radical (unpaired) electrons. The van der Waals surface area contributed by atoms with E-state index in [1.807, 2.05) is 30.3 Å². The van der Waals surface area contributed by atoms with Crippen LogP contribution in [0.2, 0.25) is 0 Å². The van der Waals surface area contributed by atoms with E-state index in [1.54, 1.807) is 32.3 Å². The predicted molar refractivity (Wildman–Crippen MR) is 115 cm³/mol. The van der Waals surface area contributed by atoms with E-state index < -0.39 is 29.0 Å². The topological polar surface area (TPSA) is 110 Å². The van der Waals surface area contributed by atoms with Gasteiger partial charge in [0.2, 0.25) is 0 Å². The van der Waals surface area contributed by atoms with Gasteiger partial charge in [-0.15, -0.1) is 11.8 Å². The number of aliphatic hydroxyl groups is 4. The molecule has 2 aromatic rings. The molecule has 1 aliphatic heterocycles. The molecule has 3 rings (SSSR count). The fourth-order valence-corrected chi connectivity index (χ4v) is 4.53. The molecule has 1 saturated heterocycles. The van der Waals surface area contributed by atoms with Crippen molar-refractivity contribution in [1.29, 1.82) is 0 Å². The number of hydrogen-bond donors (Lipinski definition) is 4. The maximum Gasteiger partial charge on any atom is 0.253 e. The number of para-hydroxylation sites is 1. The van der Waals surface area contributed by atoms with Crippen LogP contribution in [0.15, 0.2) is 48.5 Å². The quantitative estimate of drug-likeness (QED) is 0.535. The molecule has 7 nitrogen and oxygen atoms in total. The first kappa shape index (κ1) is 22.6. The van der Waals surface area contributed by atoms with Crippen molar-refractivity contribution in [2.75, 3.05) is 20.7 Å². The molecule has 30 heavy (non-hydrogen) atoms. The Morgan fingerprint density at radius 3 is 2.30 bits per heavy atom. The molecule has 1 aliphatic rings. The van der Waals surface area contributed by atoms with Crippen LogP contribution in [0.5, 0.6) is 5.75 Å². The molecule has 8 heteroatoms. The fourth-order valence-electron chi connectivity index (χ4n) is 3.30. The van der Waals surface area contributed by atoms with Gasteiger partial charge in [0.15, 0.2) is 5.44 Å². The summed E-state index contributed by atoms with van der Waals surface area (Å²) in [7, 11) is 3.41. The highest BCUT2D eigenvalue weighted by Gasteiger charge is 2.44. The van der Waals surface area contributed by atoms with Gasteiger partial charge in [0.1, 0.15) is 18.0 Å². The number of hydrogen-bond acceptors (Lipinski definition) is 7. The highest BCUT2D eigenvalue weighted by atomic mass is 32.2. The smallest absolute Gasteiger partial charge is 0.253 e. The average molecular weight is 434 g/mol. The van der Waals surface area contributed by atoms with Gasteiger partial charge >= 0.3 is 0 Å². The number of benzene rings is 2. The number of nitrogens with zero attached hydrogens (tertiary/aromatic N) is 1. The van der Waals surface area contributed by atoms with Crippen molar-refractivity contribution in [3.8, 4) is 5.75 Å². The SMILES string of the molecule is CN(C)C(=O)c1ccc(Cc2ccccc2O[C@@H]2S[C@H](CO)[C@@H](O)[C@H](O)[C@H]2O)cc1. The Kier molecular flexibility index (Phi) is 7.38. The third-order valence-corrected chi connectivity index (χ3v) is 6.49. The molecular formula is C22H27NO6S. The van der Waals surface area contributed by atoms with Crippen LogP contribution in [0.3, 0.4) is 0 Å². The maximum atomic E-state index is 12.0. The van der Waals surface area contributed by atoms with Crippen molar-refractivity contribution < 1.29 is 30.0 Å². The number of carbonyl (C=O) groups excluding carboxylic acids is 1. The van der Waals surface area contributed by atoms with Crippen LogP contribution in [0, 0.1) is 0 Å². The lowest BCUT2D eigenvalue weighted by molar-refractivity contribution is -0.0910. The van der Waals surface area contributed by atoms with E-state index in [1.165, 1.54) is 4.90 Å². The molecule has 1 fully saturated rings. The van der Waals surface area contributed by atoms with E-state index in [4.69, 9.17) is 4.74 Å². The van der Waals surface area contributed by atoms with Crippen LogP contribution < -0.4 is 4.74 Å². The Bertz CT molecular complexity index is 857. The second-order valence-electron chi connectivity index (χ2n) is 7.50. The summed E-state index contributed by atoms with van der Waals surface area (Å²) in [5.41, 5.74) is 1.64. The molecule has 0 aliphatic carbocycles. The molecular weight excluding hydrogens is 406 g/mol. The first-order valence-corrected chi connectivity index (χ1v) is 10.6. The monoisotopic (exact) mass is 433 g/mol. The van der Waals surface area contributed by atoms with E-state index >= 15 is 0 Å². The van der Waals surface area contributed by atoms with Crippen molar-refractivity contribution >= 4 is 17.7 Å². The Morgan fingerprint density at radius 1 is 1.00 bits per heavy atom. The lowest BCUT2D eigenvalue weighted by atomic mass is 10.0. The van der Waals surface area contributed by atoms with E-state index in [0.717, 1.165) is 22.9 Å². The van der Waals surface area contributed by atoms with Crippen LogP contribution in [-0.4, -0.2) is 80.9 Å². The molecule has 2 aromatic carbocycles. The summed E-state index contributed by atoms with van der Waals surface area (Å²) >= 11 is 1.09. The molecule has 0 unspecified atom stereocenters. The minimum Gasteiger partial charge on any atom is -0.477 e. The van der Waals surface area contributed by atoms with E-state index in [2.05, 4.69) is 0 Å². The van der Waals surface area contributed by atoms with Gasteiger partial charge in [0.05, 0.1) is 18.0 Å². The van der Waals surface area contributed by atoms with Gasteiger partial charge < -0.3 is 30.1 Å². The normalized spacial score (nSPS) is 26.3. The molecule has 0 saturated carbocycles. The molecule has 4 N–H and O–H groups in total. The number of ether oxygens (including phenoxy) is 1. The van der Waals surface area contributed by atoms with Gasteiger partial charge in [0, 0.05) is 26.1 Å². The van der Waals surface area contributed by atoms with Gasteiger partial charge in [-0.3, -0.25) is 4.79 Å². The first-order chi connectivity index (χ1) is 14.3. The van der Waals surface area contributed by atoms with E-state index in [0.29, 0.717) is 17.7 Å². The fraction of sp³-hybridized carbons (Fsp3) is 0.409. The Hall–Kier alpha value is -2.10. The zero-order valence-corrected chi connectivity index (χ0v) is 17.7. The highest BCUT2D eigenvalue weighted by molar-refractivity contribution is 8.00. The Morgan fingerprint density at radius 2 is 1.67 bits per heavy atom.